The molecule has 0 spiro atoms. The van der Waals surface area contributed by atoms with Gasteiger partial charge in [0.15, 0.2) is 22.3 Å². The third-order valence-corrected chi connectivity index (χ3v) is 19.3. The Kier molecular flexibility index (Phi) is 24.6. The number of aromatic nitrogens is 15. The molecule has 0 bridgehead atoms. The zero-order valence-corrected chi connectivity index (χ0v) is 66.5. The molecule has 29 nitrogen and oxygen atoms in total. The smallest absolute Gasteiger partial charge is 0.424 e. The number of nitrogens with two attached hydrogens (primary N) is 5. The number of pyridine rings is 7. The molecule has 1 aliphatic heterocycles. The Morgan fingerprint density at radius 1 is 0.447 bits per heavy atom. The van der Waals surface area contributed by atoms with Crippen LogP contribution in [0.3, 0.4) is 0 Å². The normalized spacial score (nSPS) is 12.4. The highest BCUT2D eigenvalue weighted by molar-refractivity contribution is 9.11. The molecule has 0 atom stereocenters. The topological polar surface area (TPSA) is 418 Å². The summed E-state index contributed by atoms with van der Waals surface area (Å²) in [6, 6.07) is 50.5. The molecule has 19 aromatic rings. The maximum absolute atomic E-state index is 9.04. The Labute approximate surface area is 679 Å². The summed E-state index contributed by atoms with van der Waals surface area (Å²) in [5, 5.41) is 17.1. The SMILES string of the molecule is Brc1ccc2nccn2c1.CC1(C)OB(c2ccc3oc(N)nc3c2)OC1(C)C.Nc1ccc(Br)cn1.Nc1nc2cc(-c3ccc4ncc(-c5ccncc5)n4c3)ccc2o1.Nc1nc2cc(-c3ccc4ncc(Br)n4c3)ccc2o1.Nc1nc2cc(-c3ccc4nccn4c3)ccc2o1.O=CCCl.OB(O)c1ccncc1. The molecule has 4 aromatic carbocycles. The van der Waals surface area contributed by atoms with Gasteiger partial charge in [-0.05, 0) is 253 Å². The van der Waals surface area contributed by atoms with Crippen LogP contribution in [0.5, 0.6) is 0 Å². The number of imidazole rings is 4. The third-order valence-electron chi connectivity index (χ3n) is 17.7. The first-order valence-electron chi connectivity index (χ1n) is 34.6. The van der Waals surface area contributed by atoms with Crippen molar-refractivity contribution in [3.63, 3.8) is 0 Å². The van der Waals surface area contributed by atoms with E-state index in [0.29, 0.717) is 45.4 Å². The quantitative estimate of drug-likeness (QED) is 0.0442. The maximum atomic E-state index is 9.04. The van der Waals surface area contributed by atoms with Crippen molar-refractivity contribution in [2.24, 2.45) is 0 Å². The van der Waals surface area contributed by atoms with Crippen LogP contribution in [0.1, 0.15) is 27.7 Å². The predicted octanol–water partition coefficient (Wildman–Crippen LogP) is 14.4. The molecule has 0 unspecified atom stereocenters. The number of halogens is 4. The molecule has 0 radical (unpaired) electrons. The van der Waals surface area contributed by atoms with Crippen molar-refractivity contribution in [1.82, 2.24) is 72.4 Å². The number of hydrogen-bond acceptors (Lipinski definition) is 25. The van der Waals surface area contributed by atoms with Crippen molar-refractivity contribution < 1.29 is 41.8 Å². The maximum Gasteiger partial charge on any atom is 0.494 e. The molecule has 15 aromatic heterocycles. The molecule has 0 saturated carbocycles. The minimum absolute atomic E-state index is 0.111. The Hall–Kier alpha value is -12.7. The fraction of sp³-hybridized carbons (Fsp3) is 0.0886. The largest absolute Gasteiger partial charge is 0.494 e. The van der Waals surface area contributed by atoms with Gasteiger partial charge in [-0.2, -0.15) is 19.9 Å². The van der Waals surface area contributed by atoms with Crippen molar-refractivity contribution in [2.75, 3.05) is 34.5 Å². The molecule has 0 amide bonds. The van der Waals surface area contributed by atoms with Gasteiger partial charge in [-0.1, -0.05) is 24.3 Å². The second-order valence-electron chi connectivity index (χ2n) is 25.9. The summed E-state index contributed by atoms with van der Waals surface area (Å²) < 4.78 is 44.1. The van der Waals surface area contributed by atoms with Gasteiger partial charge in [-0.25, -0.2) is 24.9 Å². The summed E-state index contributed by atoms with van der Waals surface area (Å²) in [4.78, 5) is 54.3. The lowest BCUT2D eigenvalue weighted by Crippen LogP contribution is -2.41. The first kappa shape index (κ1) is 79.4. The van der Waals surface area contributed by atoms with Crippen LogP contribution < -0.4 is 39.6 Å². The van der Waals surface area contributed by atoms with Crippen molar-refractivity contribution in [1.29, 1.82) is 0 Å². The number of rotatable bonds is 7. The van der Waals surface area contributed by atoms with Crippen LogP contribution in [0.4, 0.5) is 29.9 Å². The Balaban J connectivity index is 0.000000119. The van der Waals surface area contributed by atoms with Crippen LogP contribution in [0.25, 0.3) is 112 Å². The second-order valence-corrected chi connectivity index (χ2v) is 28.8. The highest BCUT2D eigenvalue weighted by Crippen LogP contribution is 2.37. The highest BCUT2D eigenvalue weighted by atomic mass is 79.9. The van der Waals surface area contributed by atoms with Gasteiger partial charge < -0.3 is 79.3 Å². The summed E-state index contributed by atoms with van der Waals surface area (Å²) in [5.41, 5.74) is 46.1. The van der Waals surface area contributed by atoms with E-state index in [2.05, 4.69) is 113 Å². The molecular formula is C79H68B2Br3ClN20O9. The number of nitrogens with zero attached hydrogens (tertiary/aromatic N) is 15. The lowest BCUT2D eigenvalue weighted by Gasteiger charge is -2.32. The van der Waals surface area contributed by atoms with E-state index in [1.165, 1.54) is 12.4 Å². The first-order chi connectivity index (χ1) is 54.9. The molecule has 1 aliphatic rings. The Bertz CT molecular complexity index is 6460. The van der Waals surface area contributed by atoms with Crippen molar-refractivity contribution >= 4 is 188 Å². The van der Waals surface area contributed by atoms with E-state index in [0.717, 1.165) is 103 Å². The second kappa shape index (κ2) is 35.4. The van der Waals surface area contributed by atoms with Gasteiger partial charge in [0.2, 0.25) is 0 Å². The molecule has 0 aliphatic carbocycles. The molecule has 16 heterocycles. The summed E-state index contributed by atoms with van der Waals surface area (Å²) in [7, 11) is -1.78. The molecule has 572 valence electrons. The fourth-order valence-electron chi connectivity index (χ4n) is 11.4. The number of anilines is 5. The number of carbonyl (C=O) groups is 1. The summed E-state index contributed by atoms with van der Waals surface area (Å²) in [6.45, 7) is 8.11. The van der Waals surface area contributed by atoms with Gasteiger partial charge >= 0.3 is 14.2 Å². The number of fused-ring (bicyclic) bond motifs is 8. The monoisotopic (exact) mass is 1730 g/mol. The van der Waals surface area contributed by atoms with E-state index in [1.807, 2.05) is 218 Å². The number of carbonyl (C=O) groups excluding carboxylic acids is 1. The number of aldehydes is 1. The van der Waals surface area contributed by atoms with E-state index in [4.69, 9.17) is 82.1 Å². The fourth-order valence-corrected chi connectivity index (χ4v) is 12.4. The summed E-state index contributed by atoms with van der Waals surface area (Å²) >= 11 is 14.9. The number of hydrogen-bond donors (Lipinski definition) is 7. The predicted molar refractivity (Wildman–Crippen MR) is 453 cm³/mol. The molecule has 1 saturated heterocycles. The van der Waals surface area contributed by atoms with Gasteiger partial charge in [0.1, 0.15) is 61.4 Å². The molecule has 20 rings (SSSR count). The molecule has 35 heteroatoms. The van der Waals surface area contributed by atoms with Gasteiger partial charge in [0, 0.05) is 95.1 Å². The number of alkyl halides is 1. The Morgan fingerprint density at radius 3 is 1.34 bits per heavy atom. The number of nitrogen functional groups attached to an aromatic ring is 5. The molecule has 114 heavy (non-hydrogen) atoms. The third kappa shape index (κ3) is 19.3. The van der Waals surface area contributed by atoms with Gasteiger partial charge in [-0.3, -0.25) is 18.8 Å². The lowest BCUT2D eigenvalue weighted by atomic mass is 9.79. The van der Waals surface area contributed by atoms with Crippen molar-refractivity contribution in [3.05, 3.63) is 264 Å². The van der Waals surface area contributed by atoms with Crippen LogP contribution >= 0.6 is 59.4 Å². The molecule has 1 fully saturated rings. The van der Waals surface area contributed by atoms with Crippen LogP contribution in [-0.2, 0) is 14.1 Å². The molecule has 12 N–H and O–H groups in total. The zero-order chi connectivity index (χ0) is 80.2. The van der Waals surface area contributed by atoms with Crippen LogP contribution in [-0.4, -0.2) is 120 Å². The highest BCUT2D eigenvalue weighted by Gasteiger charge is 2.51. The summed E-state index contributed by atoms with van der Waals surface area (Å²) in [5.74, 6) is 0.660. The number of oxazole rings is 4. The van der Waals surface area contributed by atoms with Gasteiger partial charge in [0.05, 0.1) is 35.2 Å². The van der Waals surface area contributed by atoms with Gasteiger partial charge in [-0.15, -0.1) is 11.6 Å². The van der Waals surface area contributed by atoms with Crippen LogP contribution in [0.15, 0.2) is 282 Å². The van der Waals surface area contributed by atoms with Crippen molar-refractivity contribution in [3.8, 4) is 44.6 Å². The van der Waals surface area contributed by atoms with Crippen LogP contribution in [0, 0.1) is 0 Å². The number of benzene rings is 4. The first-order valence-corrected chi connectivity index (χ1v) is 37.5. The Morgan fingerprint density at radius 2 is 0.868 bits per heavy atom. The zero-order valence-electron chi connectivity index (χ0n) is 61.0. The minimum atomic E-state index is -1.38. The van der Waals surface area contributed by atoms with E-state index >= 15 is 0 Å². The average molecular weight is 1740 g/mol. The lowest BCUT2D eigenvalue weighted by molar-refractivity contribution is -0.105. The minimum Gasteiger partial charge on any atom is -0.424 e. The van der Waals surface area contributed by atoms with E-state index in [9.17, 15) is 0 Å². The van der Waals surface area contributed by atoms with E-state index < -0.39 is 14.2 Å². The van der Waals surface area contributed by atoms with E-state index in [-0.39, 0.29) is 41.1 Å². The molecular weight excluding hydrogens is 1670 g/mol. The van der Waals surface area contributed by atoms with Crippen molar-refractivity contribution in [2.45, 2.75) is 38.9 Å². The average Bonchev–Trinajstić information content (AvgIpc) is 1.60. The van der Waals surface area contributed by atoms with E-state index in [1.54, 1.807) is 55.4 Å². The van der Waals surface area contributed by atoms with Gasteiger partial charge in [0.25, 0.3) is 24.1 Å². The summed E-state index contributed by atoms with van der Waals surface area (Å²) in [6.07, 6.45) is 28.0. The standard InChI is InChI=1S/C19H13N5O.C14H9BrN4O.C14H10N4O.C13H17BN2O3.C7H5BrN2.C5H6BNO2.C5H5BrN2.C2H3ClO/c20-19-23-15-9-13(1-3-17(15)25-19)14-2-4-18-22-10-16(24(18)11-14)12-5-7-21-8-6-12;15-12-6-17-13-4-2-9(7-19(12)13)8-1-3-11-10(5-8)18-14(16)20-11;15-14-17-11-7-9(1-3-12(11)19-14)10-2-4-13-16-5-6-18(13)8-10;1-12(2)13(3,4)19-14(18-12)8-5-6-10-9(7-8)16-11(15)17-10;8-6-1-2-7-9-3-4-10(7)5-6;8-6(9)5-1-3-7-4-2-5;6-4-1-2-5(7)8-3-4;3-1-2-4/h1-11H,(H2,20,23);1-7H,(H2,16,18);1-8H,(H2,15,17);5-7H,1-4H3,(H2,15,16);1-5H;1-4,8-9H;1-3H,(H2,7,8);2H,1H2. The van der Waals surface area contributed by atoms with Crippen LogP contribution in [0.2, 0.25) is 0 Å².